The van der Waals surface area contributed by atoms with E-state index in [0.29, 0.717) is 10.8 Å². The Bertz CT molecular complexity index is 588. The molecule has 24 heavy (non-hydrogen) atoms. The standard InChI is InChI=1S/C15H21FN4O2S2/c1-15(2,3)18-14(23)20-19-13(22)9-24-8-12(21)17-11-6-4-10(16)5-7-11/h4-7H,8-9H2,1-3H3,(H,17,21)(H,19,22)(H2,18,20,23). The predicted octanol–water partition coefficient (Wildman–Crippen LogP) is 1.79. The molecule has 0 aromatic heterocycles. The maximum absolute atomic E-state index is 12.8. The molecule has 6 nitrogen and oxygen atoms in total. The topological polar surface area (TPSA) is 82.3 Å². The summed E-state index contributed by atoms with van der Waals surface area (Å²) in [6.45, 7) is 5.83. The number of carbonyl (C=O) groups excluding carboxylic acids is 2. The molecule has 2 amide bonds. The fourth-order valence-electron chi connectivity index (χ4n) is 1.50. The number of halogens is 1. The molecule has 0 saturated heterocycles. The highest BCUT2D eigenvalue weighted by molar-refractivity contribution is 8.00. The Morgan fingerprint density at radius 1 is 1.08 bits per heavy atom. The van der Waals surface area contributed by atoms with E-state index in [1.54, 1.807) is 0 Å². The van der Waals surface area contributed by atoms with Gasteiger partial charge in [-0.3, -0.25) is 20.4 Å². The molecule has 0 fully saturated rings. The molecular formula is C15H21FN4O2S2. The maximum Gasteiger partial charge on any atom is 0.248 e. The lowest BCUT2D eigenvalue weighted by atomic mass is 10.1. The van der Waals surface area contributed by atoms with E-state index in [2.05, 4.69) is 21.5 Å². The average molecular weight is 372 g/mol. The van der Waals surface area contributed by atoms with Crippen molar-refractivity contribution in [3.05, 3.63) is 30.1 Å². The first-order valence-corrected chi connectivity index (χ1v) is 8.72. The summed E-state index contributed by atoms with van der Waals surface area (Å²) in [7, 11) is 0. The van der Waals surface area contributed by atoms with Crippen molar-refractivity contribution >= 4 is 46.6 Å². The van der Waals surface area contributed by atoms with Gasteiger partial charge in [0.1, 0.15) is 5.82 Å². The third-order valence-corrected chi connectivity index (χ3v) is 3.54. The lowest BCUT2D eigenvalue weighted by Gasteiger charge is -2.23. The molecule has 9 heteroatoms. The molecule has 0 bridgehead atoms. The molecule has 1 aromatic rings. The van der Waals surface area contributed by atoms with Crippen LogP contribution < -0.4 is 21.5 Å². The van der Waals surface area contributed by atoms with Crippen LogP contribution in [0.25, 0.3) is 0 Å². The predicted molar refractivity (Wildman–Crippen MR) is 99.1 cm³/mol. The number of nitrogens with one attached hydrogen (secondary N) is 4. The van der Waals surface area contributed by atoms with Crippen LogP contribution in [0.15, 0.2) is 24.3 Å². The van der Waals surface area contributed by atoms with Crippen LogP contribution in [0.2, 0.25) is 0 Å². The molecule has 0 saturated carbocycles. The number of anilines is 1. The minimum Gasteiger partial charge on any atom is -0.357 e. The molecule has 0 aliphatic carbocycles. The van der Waals surface area contributed by atoms with Crippen molar-refractivity contribution in [3.8, 4) is 0 Å². The average Bonchev–Trinajstić information content (AvgIpc) is 2.46. The van der Waals surface area contributed by atoms with Gasteiger partial charge in [-0.15, -0.1) is 11.8 Å². The smallest absolute Gasteiger partial charge is 0.248 e. The fraction of sp³-hybridized carbons (Fsp3) is 0.400. The molecule has 0 aliphatic heterocycles. The van der Waals surface area contributed by atoms with E-state index in [4.69, 9.17) is 12.2 Å². The second-order valence-electron chi connectivity index (χ2n) is 5.93. The number of amides is 2. The number of hydrogen-bond donors (Lipinski definition) is 4. The molecule has 1 rings (SSSR count). The zero-order valence-corrected chi connectivity index (χ0v) is 15.4. The van der Waals surface area contributed by atoms with Gasteiger partial charge in [0.25, 0.3) is 0 Å². The summed E-state index contributed by atoms with van der Waals surface area (Å²) in [4.78, 5) is 23.3. The van der Waals surface area contributed by atoms with E-state index in [0.717, 1.165) is 11.8 Å². The number of benzene rings is 1. The first-order chi connectivity index (χ1) is 11.2. The lowest BCUT2D eigenvalue weighted by molar-refractivity contribution is -0.119. The van der Waals surface area contributed by atoms with Crippen LogP contribution in [-0.2, 0) is 9.59 Å². The van der Waals surface area contributed by atoms with Crippen LogP contribution in [0.3, 0.4) is 0 Å². The summed E-state index contributed by atoms with van der Waals surface area (Å²) in [6, 6.07) is 5.46. The highest BCUT2D eigenvalue weighted by atomic mass is 32.2. The molecule has 0 heterocycles. The number of thioether (sulfide) groups is 1. The SMILES string of the molecule is CC(C)(C)NC(=S)NNC(=O)CSCC(=O)Nc1ccc(F)cc1. The molecule has 0 atom stereocenters. The van der Waals surface area contributed by atoms with Gasteiger partial charge in [-0.1, -0.05) is 0 Å². The van der Waals surface area contributed by atoms with E-state index in [1.165, 1.54) is 24.3 Å². The number of hydrazine groups is 1. The lowest BCUT2D eigenvalue weighted by Crippen LogP contribution is -2.52. The molecule has 0 spiro atoms. The first kappa shape index (κ1) is 20.2. The Balaban J connectivity index is 2.19. The second-order valence-corrected chi connectivity index (χ2v) is 7.32. The number of hydrogen-bond acceptors (Lipinski definition) is 4. The van der Waals surface area contributed by atoms with Crippen LogP contribution in [-0.4, -0.2) is 34.0 Å². The van der Waals surface area contributed by atoms with E-state index in [-0.39, 0.29) is 34.7 Å². The quantitative estimate of drug-likeness (QED) is 0.466. The monoisotopic (exact) mass is 372 g/mol. The molecular weight excluding hydrogens is 351 g/mol. The van der Waals surface area contributed by atoms with Gasteiger partial charge < -0.3 is 10.6 Å². The van der Waals surface area contributed by atoms with Gasteiger partial charge >= 0.3 is 0 Å². The summed E-state index contributed by atoms with van der Waals surface area (Å²) in [5, 5.41) is 5.92. The highest BCUT2D eigenvalue weighted by Gasteiger charge is 2.11. The Labute approximate surface area is 150 Å². The van der Waals surface area contributed by atoms with Gasteiger partial charge in [0.05, 0.1) is 11.5 Å². The zero-order valence-electron chi connectivity index (χ0n) is 13.7. The Kier molecular flexibility index (Phi) is 7.93. The largest absolute Gasteiger partial charge is 0.357 e. The third kappa shape index (κ3) is 9.31. The van der Waals surface area contributed by atoms with E-state index in [1.807, 2.05) is 20.8 Å². The van der Waals surface area contributed by atoms with Gasteiger partial charge in [0.2, 0.25) is 11.8 Å². The Hall–Kier alpha value is -1.87. The molecule has 4 N–H and O–H groups in total. The van der Waals surface area contributed by atoms with Crippen molar-refractivity contribution < 1.29 is 14.0 Å². The summed E-state index contributed by atoms with van der Waals surface area (Å²) in [6.07, 6.45) is 0. The van der Waals surface area contributed by atoms with Crippen molar-refractivity contribution in [2.24, 2.45) is 0 Å². The number of carbonyl (C=O) groups is 2. The van der Waals surface area contributed by atoms with Gasteiger partial charge in [0, 0.05) is 11.2 Å². The van der Waals surface area contributed by atoms with E-state index in [9.17, 15) is 14.0 Å². The van der Waals surface area contributed by atoms with Crippen LogP contribution in [0.5, 0.6) is 0 Å². The minimum absolute atomic E-state index is 0.0992. The van der Waals surface area contributed by atoms with Crippen LogP contribution >= 0.6 is 24.0 Å². The maximum atomic E-state index is 12.8. The fourth-order valence-corrected chi connectivity index (χ4v) is 2.48. The van der Waals surface area contributed by atoms with Gasteiger partial charge in [-0.2, -0.15) is 0 Å². The van der Waals surface area contributed by atoms with Crippen molar-refractivity contribution in [1.29, 1.82) is 0 Å². The summed E-state index contributed by atoms with van der Waals surface area (Å²) in [5.41, 5.74) is 5.34. The summed E-state index contributed by atoms with van der Waals surface area (Å²) < 4.78 is 12.8. The molecule has 0 radical (unpaired) electrons. The third-order valence-electron chi connectivity index (χ3n) is 2.40. The van der Waals surface area contributed by atoms with E-state index < -0.39 is 0 Å². The van der Waals surface area contributed by atoms with Crippen molar-refractivity contribution in [1.82, 2.24) is 16.2 Å². The minimum atomic E-state index is -0.370. The van der Waals surface area contributed by atoms with Crippen LogP contribution in [0, 0.1) is 5.82 Å². The number of thiocarbonyl (C=S) groups is 1. The zero-order chi connectivity index (χ0) is 18.2. The highest BCUT2D eigenvalue weighted by Crippen LogP contribution is 2.09. The van der Waals surface area contributed by atoms with Gasteiger partial charge in [0.15, 0.2) is 5.11 Å². The van der Waals surface area contributed by atoms with Crippen molar-refractivity contribution in [2.75, 3.05) is 16.8 Å². The Morgan fingerprint density at radius 2 is 1.67 bits per heavy atom. The van der Waals surface area contributed by atoms with Gasteiger partial charge in [-0.25, -0.2) is 4.39 Å². The normalized spacial score (nSPS) is 10.7. The Morgan fingerprint density at radius 3 is 2.25 bits per heavy atom. The molecule has 1 aromatic carbocycles. The van der Waals surface area contributed by atoms with Crippen LogP contribution in [0.4, 0.5) is 10.1 Å². The van der Waals surface area contributed by atoms with Crippen LogP contribution in [0.1, 0.15) is 20.8 Å². The van der Waals surface area contributed by atoms with Crippen molar-refractivity contribution in [3.63, 3.8) is 0 Å². The summed E-state index contributed by atoms with van der Waals surface area (Å²) >= 11 is 6.18. The van der Waals surface area contributed by atoms with Gasteiger partial charge in [-0.05, 0) is 57.3 Å². The van der Waals surface area contributed by atoms with E-state index >= 15 is 0 Å². The molecule has 132 valence electrons. The van der Waals surface area contributed by atoms with Crippen molar-refractivity contribution in [2.45, 2.75) is 26.3 Å². The molecule has 0 aliphatic rings. The molecule has 0 unspecified atom stereocenters. The second kappa shape index (κ2) is 9.43. The first-order valence-electron chi connectivity index (χ1n) is 7.16. The number of rotatable bonds is 5. The summed E-state index contributed by atoms with van der Waals surface area (Å²) in [5.74, 6) is -0.729.